The molecule has 2 aromatic rings. The molecule has 28 heavy (non-hydrogen) atoms. The van der Waals surface area contributed by atoms with Crippen LogP contribution in [0.3, 0.4) is 0 Å². The van der Waals surface area contributed by atoms with Gasteiger partial charge in [-0.25, -0.2) is 8.42 Å². The molecule has 0 aliphatic carbocycles. The minimum atomic E-state index is -3.94. The van der Waals surface area contributed by atoms with Crippen molar-refractivity contribution in [2.75, 3.05) is 0 Å². The number of nitrogens with one attached hydrogen (secondary N) is 3. The van der Waals surface area contributed by atoms with E-state index in [-0.39, 0.29) is 10.6 Å². The van der Waals surface area contributed by atoms with Gasteiger partial charge in [0.25, 0.3) is 11.8 Å². The van der Waals surface area contributed by atoms with Crippen LogP contribution in [0.25, 0.3) is 0 Å². The van der Waals surface area contributed by atoms with Gasteiger partial charge in [0.15, 0.2) is 0 Å². The van der Waals surface area contributed by atoms with Gasteiger partial charge in [0, 0.05) is 6.20 Å². The number of sulfonamides is 1. The summed E-state index contributed by atoms with van der Waals surface area (Å²) in [7, 11) is -3.94. The number of benzene rings is 1. The lowest BCUT2D eigenvalue weighted by molar-refractivity contribution is -0.123. The highest BCUT2D eigenvalue weighted by molar-refractivity contribution is 7.89. The number of nitrogens with zero attached hydrogens (tertiary/aromatic N) is 1. The lowest BCUT2D eigenvalue weighted by atomic mass is 10.0. The summed E-state index contributed by atoms with van der Waals surface area (Å²) in [5.74, 6) is -1.31. The number of carbonyl (C=O) groups is 2. The Bertz CT molecular complexity index is 978. The molecule has 1 aromatic heterocycles. The van der Waals surface area contributed by atoms with Gasteiger partial charge in [0.2, 0.25) is 10.0 Å². The first-order chi connectivity index (χ1) is 13.0. The Morgan fingerprint density at radius 1 is 1.00 bits per heavy atom. The molecular formula is C19H24N4O4S. The summed E-state index contributed by atoms with van der Waals surface area (Å²) >= 11 is 0. The summed E-state index contributed by atoms with van der Waals surface area (Å²) < 4.78 is 28.1. The maximum absolute atomic E-state index is 12.9. The minimum absolute atomic E-state index is 0.123. The van der Waals surface area contributed by atoms with E-state index in [1.54, 1.807) is 26.0 Å². The van der Waals surface area contributed by atoms with Gasteiger partial charge in [-0.2, -0.15) is 4.72 Å². The smallest absolute Gasteiger partial charge is 0.271 e. The molecule has 3 N–H and O–H groups in total. The Balaban J connectivity index is 2.10. The van der Waals surface area contributed by atoms with Crippen molar-refractivity contribution in [3.05, 3.63) is 58.4 Å². The second kappa shape index (κ2) is 8.49. The predicted octanol–water partition coefficient (Wildman–Crippen LogP) is 1.44. The largest absolute Gasteiger partial charge is 0.288 e. The van der Waals surface area contributed by atoms with E-state index in [0.29, 0.717) is 11.1 Å². The quantitative estimate of drug-likeness (QED) is 0.652. The van der Waals surface area contributed by atoms with Gasteiger partial charge in [-0.1, -0.05) is 12.1 Å². The predicted molar refractivity (Wildman–Crippen MR) is 105 cm³/mol. The van der Waals surface area contributed by atoms with Crippen LogP contribution in [-0.4, -0.2) is 31.3 Å². The van der Waals surface area contributed by atoms with Gasteiger partial charge < -0.3 is 0 Å². The van der Waals surface area contributed by atoms with E-state index in [1.165, 1.54) is 19.2 Å². The highest BCUT2D eigenvalue weighted by atomic mass is 32.2. The molecule has 0 saturated carbocycles. The van der Waals surface area contributed by atoms with Gasteiger partial charge in [-0.15, -0.1) is 0 Å². The molecule has 2 rings (SSSR count). The summed E-state index contributed by atoms with van der Waals surface area (Å²) in [6.45, 7) is 8.53. The van der Waals surface area contributed by atoms with Crippen molar-refractivity contribution in [1.82, 2.24) is 20.6 Å². The number of hydrazine groups is 1. The second-order valence-corrected chi connectivity index (χ2v) is 8.24. The number of hydrogen-bond donors (Lipinski definition) is 3. The van der Waals surface area contributed by atoms with Gasteiger partial charge in [0.05, 0.1) is 10.9 Å². The Morgan fingerprint density at radius 3 is 2.14 bits per heavy atom. The van der Waals surface area contributed by atoms with E-state index in [1.807, 2.05) is 19.9 Å². The van der Waals surface area contributed by atoms with E-state index >= 15 is 0 Å². The van der Waals surface area contributed by atoms with Crippen molar-refractivity contribution < 1.29 is 18.0 Å². The molecule has 0 aliphatic rings. The number of rotatable bonds is 5. The van der Waals surface area contributed by atoms with Crippen LogP contribution >= 0.6 is 0 Å². The molecule has 0 saturated heterocycles. The molecule has 0 radical (unpaired) electrons. The molecule has 8 nitrogen and oxygen atoms in total. The van der Waals surface area contributed by atoms with E-state index in [0.717, 1.165) is 11.1 Å². The summed E-state index contributed by atoms with van der Waals surface area (Å²) in [5, 5.41) is 0. The maximum Gasteiger partial charge on any atom is 0.288 e. The van der Waals surface area contributed by atoms with Crippen LogP contribution in [0, 0.1) is 27.7 Å². The number of amides is 2. The Labute approximate surface area is 164 Å². The number of aromatic nitrogens is 1. The minimum Gasteiger partial charge on any atom is -0.271 e. The molecule has 150 valence electrons. The van der Waals surface area contributed by atoms with Crippen LogP contribution in [0.1, 0.15) is 39.7 Å². The molecule has 0 fully saturated rings. The molecule has 1 atom stereocenters. The van der Waals surface area contributed by atoms with E-state index in [9.17, 15) is 18.0 Å². The Morgan fingerprint density at radius 2 is 1.61 bits per heavy atom. The number of aryl methyl sites for hydroxylation is 2. The van der Waals surface area contributed by atoms with Crippen LogP contribution in [0.4, 0.5) is 0 Å². The number of carbonyl (C=O) groups excluding carboxylic acids is 2. The zero-order valence-electron chi connectivity index (χ0n) is 16.5. The van der Waals surface area contributed by atoms with Crippen molar-refractivity contribution in [3.8, 4) is 0 Å². The Hall–Kier alpha value is -2.78. The zero-order valence-corrected chi connectivity index (χ0v) is 17.3. The second-order valence-electron chi connectivity index (χ2n) is 6.59. The lowest BCUT2D eigenvalue weighted by Crippen LogP contribution is -2.51. The summed E-state index contributed by atoms with van der Waals surface area (Å²) in [6.07, 6.45) is 1.45. The molecule has 0 spiro atoms. The van der Waals surface area contributed by atoms with Gasteiger partial charge in [-0.05, 0) is 69.0 Å². The van der Waals surface area contributed by atoms with Crippen LogP contribution in [0.5, 0.6) is 0 Å². The number of pyridine rings is 1. The SMILES string of the molecule is Cc1cc(C)c(C)c(S(=O)(=O)N[C@@H](C)C(=O)NNC(=O)c2ccccn2)c1C. The maximum atomic E-state index is 12.9. The fourth-order valence-corrected chi connectivity index (χ4v) is 4.54. The van der Waals surface area contributed by atoms with Crippen molar-refractivity contribution in [2.45, 2.75) is 45.6 Å². The van der Waals surface area contributed by atoms with Crippen molar-refractivity contribution in [1.29, 1.82) is 0 Å². The highest BCUT2D eigenvalue weighted by Gasteiger charge is 2.26. The number of hydrogen-bond acceptors (Lipinski definition) is 5. The highest BCUT2D eigenvalue weighted by Crippen LogP contribution is 2.26. The third-order valence-electron chi connectivity index (χ3n) is 4.49. The van der Waals surface area contributed by atoms with Crippen molar-refractivity contribution >= 4 is 21.8 Å². The van der Waals surface area contributed by atoms with Crippen LogP contribution in [0.15, 0.2) is 35.4 Å². The first kappa shape index (κ1) is 21.5. The van der Waals surface area contributed by atoms with Crippen molar-refractivity contribution in [2.24, 2.45) is 0 Å². The first-order valence-electron chi connectivity index (χ1n) is 8.65. The molecule has 1 heterocycles. The molecule has 1 aromatic carbocycles. The fourth-order valence-electron chi connectivity index (χ4n) is 2.72. The van der Waals surface area contributed by atoms with E-state index < -0.39 is 27.9 Å². The standard InChI is InChI=1S/C19H24N4O4S/c1-11-10-12(2)14(4)17(13(11)3)28(26,27)23-15(5)18(24)21-22-19(25)16-8-6-7-9-20-16/h6-10,15,23H,1-5H3,(H,21,24)(H,22,25)/t15-/m0/s1. The topological polar surface area (TPSA) is 117 Å². The third kappa shape index (κ3) is 4.73. The van der Waals surface area contributed by atoms with Gasteiger partial charge in [0.1, 0.15) is 5.69 Å². The summed E-state index contributed by atoms with van der Waals surface area (Å²) in [5.41, 5.74) is 7.50. The lowest BCUT2D eigenvalue weighted by Gasteiger charge is -2.19. The summed E-state index contributed by atoms with van der Waals surface area (Å²) in [4.78, 5) is 28.2. The molecule has 2 amide bonds. The monoisotopic (exact) mass is 404 g/mol. The molecule has 0 bridgehead atoms. The average molecular weight is 404 g/mol. The zero-order chi connectivity index (χ0) is 21.1. The molecule has 0 aliphatic heterocycles. The van der Waals surface area contributed by atoms with Crippen LogP contribution in [-0.2, 0) is 14.8 Å². The average Bonchev–Trinajstić information content (AvgIpc) is 2.64. The third-order valence-corrected chi connectivity index (χ3v) is 6.30. The molecule has 0 unspecified atom stereocenters. The first-order valence-corrected chi connectivity index (χ1v) is 10.1. The van der Waals surface area contributed by atoms with Crippen LogP contribution < -0.4 is 15.6 Å². The van der Waals surface area contributed by atoms with Gasteiger partial charge >= 0.3 is 0 Å². The van der Waals surface area contributed by atoms with E-state index in [4.69, 9.17) is 0 Å². The fraction of sp³-hybridized carbons (Fsp3) is 0.316. The summed E-state index contributed by atoms with van der Waals surface area (Å²) in [6, 6.07) is 5.60. The van der Waals surface area contributed by atoms with Crippen LogP contribution in [0.2, 0.25) is 0 Å². The normalized spacial score (nSPS) is 12.3. The molecular weight excluding hydrogens is 380 g/mol. The van der Waals surface area contributed by atoms with Crippen molar-refractivity contribution in [3.63, 3.8) is 0 Å². The molecule has 9 heteroatoms. The van der Waals surface area contributed by atoms with Gasteiger partial charge in [-0.3, -0.25) is 25.4 Å². The van der Waals surface area contributed by atoms with E-state index in [2.05, 4.69) is 20.6 Å². The Kier molecular flexibility index (Phi) is 6.52.